The molecule has 1 atom stereocenters. The van der Waals surface area contributed by atoms with E-state index in [0.29, 0.717) is 24.5 Å². The Morgan fingerprint density at radius 3 is 2.86 bits per heavy atom. The van der Waals surface area contributed by atoms with Gasteiger partial charge in [-0.3, -0.25) is 4.79 Å². The fourth-order valence-electron chi connectivity index (χ4n) is 3.60. The number of fused-ring (bicyclic) bond motifs is 1. The van der Waals surface area contributed by atoms with Crippen molar-refractivity contribution in [2.45, 2.75) is 26.2 Å². The van der Waals surface area contributed by atoms with Crippen molar-refractivity contribution in [1.29, 1.82) is 0 Å². The molecule has 1 amide bonds. The topological polar surface area (TPSA) is 69.0 Å². The van der Waals surface area contributed by atoms with E-state index < -0.39 is 0 Å². The number of aromatic nitrogens is 3. The quantitative estimate of drug-likeness (QED) is 0.741. The lowest BCUT2D eigenvalue weighted by Gasteiger charge is -2.25. The maximum atomic E-state index is 12.9. The lowest BCUT2D eigenvalue weighted by atomic mass is 9.96. The lowest BCUT2D eigenvalue weighted by molar-refractivity contribution is 0.0937. The summed E-state index contributed by atoms with van der Waals surface area (Å²) in [6.45, 7) is 5.29. The molecule has 1 aliphatic heterocycles. The number of nitrogens with zero attached hydrogens (tertiary/aromatic N) is 3. The number of para-hydroxylation sites is 1. The minimum atomic E-state index is -0.107. The Bertz CT molecular complexity index is 966. The number of rotatable bonds is 5. The molecule has 0 spiro atoms. The number of ether oxygens (including phenoxy) is 1. The van der Waals surface area contributed by atoms with Crippen LogP contribution in [0.1, 0.15) is 41.4 Å². The van der Waals surface area contributed by atoms with Gasteiger partial charge in [-0.05, 0) is 36.1 Å². The van der Waals surface area contributed by atoms with Crippen LogP contribution in [0, 0.1) is 5.92 Å². The van der Waals surface area contributed by atoms with Gasteiger partial charge in [0, 0.05) is 18.7 Å². The predicted molar refractivity (Wildman–Crippen MR) is 107 cm³/mol. The molecule has 6 heteroatoms. The molecular formula is C22H24N4O2. The zero-order valence-corrected chi connectivity index (χ0v) is 16.1. The number of hydrogen-bond acceptors (Lipinski definition) is 4. The van der Waals surface area contributed by atoms with Crippen molar-refractivity contribution in [3.63, 3.8) is 0 Å². The summed E-state index contributed by atoms with van der Waals surface area (Å²) >= 11 is 0. The largest absolute Gasteiger partial charge is 0.493 e. The van der Waals surface area contributed by atoms with E-state index in [9.17, 15) is 4.79 Å². The molecule has 0 aliphatic carbocycles. The molecule has 0 radical (unpaired) electrons. The summed E-state index contributed by atoms with van der Waals surface area (Å²) in [5, 5.41) is 7.49. The normalized spacial score (nSPS) is 15.8. The highest BCUT2D eigenvalue weighted by molar-refractivity contribution is 5.95. The third-order valence-corrected chi connectivity index (χ3v) is 4.97. The second-order valence-corrected chi connectivity index (χ2v) is 7.40. The summed E-state index contributed by atoms with van der Waals surface area (Å²) in [5.74, 6) is 1.94. The van der Waals surface area contributed by atoms with Crippen molar-refractivity contribution < 1.29 is 9.53 Å². The van der Waals surface area contributed by atoms with Gasteiger partial charge in [0.1, 0.15) is 5.75 Å². The summed E-state index contributed by atoms with van der Waals surface area (Å²) in [7, 11) is 0. The molecule has 3 aromatic rings. The van der Waals surface area contributed by atoms with E-state index in [0.717, 1.165) is 17.9 Å². The van der Waals surface area contributed by atoms with Crippen LogP contribution in [0.3, 0.4) is 0 Å². The van der Waals surface area contributed by atoms with Crippen molar-refractivity contribution in [3.05, 3.63) is 71.7 Å². The number of hydrogen-bond donors (Lipinski definition) is 1. The molecular weight excluding hydrogens is 352 g/mol. The fraction of sp³-hybridized carbons (Fsp3) is 0.318. The van der Waals surface area contributed by atoms with Gasteiger partial charge in [0.15, 0.2) is 5.82 Å². The Labute approximate surface area is 164 Å². The van der Waals surface area contributed by atoms with Crippen LogP contribution < -0.4 is 10.1 Å². The van der Waals surface area contributed by atoms with Gasteiger partial charge in [0.2, 0.25) is 0 Å². The Morgan fingerprint density at radius 1 is 1.25 bits per heavy atom. The molecule has 144 valence electrons. The van der Waals surface area contributed by atoms with Crippen molar-refractivity contribution in [3.8, 4) is 11.6 Å². The molecule has 6 nitrogen and oxygen atoms in total. The van der Waals surface area contributed by atoms with Crippen molar-refractivity contribution in [2.24, 2.45) is 5.92 Å². The van der Waals surface area contributed by atoms with Crippen molar-refractivity contribution in [2.75, 3.05) is 13.2 Å². The molecule has 1 unspecified atom stereocenters. The molecule has 2 aromatic heterocycles. The van der Waals surface area contributed by atoms with Crippen LogP contribution in [-0.4, -0.2) is 33.8 Å². The van der Waals surface area contributed by atoms with Gasteiger partial charge >= 0.3 is 0 Å². The number of benzene rings is 1. The molecule has 0 fully saturated rings. The van der Waals surface area contributed by atoms with Crippen LogP contribution in [0.15, 0.2) is 54.9 Å². The molecule has 3 heterocycles. The average molecular weight is 376 g/mol. The molecule has 0 bridgehead atoms. The van der Waals surface area contributed by atoms with Gasteiger partial charge in [-0.15, -0.1) is 0 Å². The van der Waals surface area contributed by atoms with Gasteiger partial charge in [-0.25, -0.2) is 9.67 Å². The lowest BCUT2D eigenvalue weighted by Crippen LogP contribution is -2.35. The van der Waals surface area contributed by atoms with E-state index in [1.165, 1.54) is 5.56 Å². The Morgan fingerprint density at radius 2 is 2.07 bits per heavy atom. The third-order valence-electron chi connectivity index (χ3n) is 4.97. The predicted octanol–water partition coefficient (Wildman–Crippen LogP) is 3.37. The maximum absolute atomic E-state index is 12.9. The van der Waals surface area contributed by atoms with Gasteiger partial charge in [-0.1, -0.05) is 38.1 Å². The summed E-state index contributed by atoms with van der Waals surface area (Å²) in [6, 6.07) is 13.7. The van der Waals surface area contributed by atoms with Crippen molar-refractivity contribution in [1.82, 2.24) is 20.1 Å². The summed E-state index contributed by atoms with van der Waals surface area (Å²) in [4.78, 5) is 17.2. The van der Waals surface area contributed by atoms with Crippen LogP contribution in [-0.2, 0) is 6.42 Å². The van der Waals surface area contributed by atoms with Crippen LogP contribution in [0.5, 0.6) is 5.75 Å². The number of amides is 1. The molecule has 4 rings (SSSR count). The fourth-order valence-corrected chi connectivity index (χ4v) is 3.60. The summed E-state index contributed by atoms with van der Waals surface area (Å²) < 4.78 is 7.57. The second kappa shape index (κ2) is 7.84. The van der Waals surface area contributed by atoms with Gasteiger partial charge < -0.3 is 10.1 Å². The van der Waals surface area contributed by atoms with E-state index in [4.69, 9.17) is 4.74 Å². The van der Waals surface area contributed by atoms with E-state index in [-0.39, 0.29) is 17.7 Å². The highest BCUT2D eigenvalue weighted by atomic mass is 16.5. The Kier molecular flexibility index (Phi) is 5.10. The van der Waals surface area contributed by atoms with Gasteiger partial charge in [0.05, 0.1) is 24.1 Å². The van der Waals surface area contributed by atoms with E-state index in [2.05, 4.69) is 35.3 Å². The zero-order valence-electron chi connectivity index (χ0n) is 16.1. The number of carbonyl (C=O) groups is 1. The highest BCUT2D eigenvalue weighted by Crippen LogP contribution is 2.27. The monoisotopic (exact) mass is 376 g/mol. The first-order chi connectivity index (χ1) is 13.6. The van der Waals surface area contributed by atoms with E-state index in [1.54, 1.807) is 17.1 Å². The molecule has 0 saturated heterocycles. The molecule has 1 aliphatic rings. The molecule has 28 heavy (non-hydrogen) atoms. The second-order valence-electron chi connectivity index (χ2n) is 7.40. The minimum Gasteiger partial charge on any atom is -0.493 e. The van der Waals surface area contributed by atoms with E-state index in [1.807, 2.05) is 36.4 Å². The van der Waals surface area contributed by atoms with Crippen LogP contribution in [0.2, 0.25) is 0 Å². The summed E-state index contributed by atoms with van der Waals surface area (Å²) in [5.41, 5.74) is 2.65. The summed E-state index contributed by atoms with van der Waals surface area (Å²) in [6.07, 6.45) is 4.26. The molecule has 0 saturated carbocycles. The Balaban J connectivity index is 1.48. The van der Waals surface area contributed by atoms with Crippen molar-refractivity contribution >= 4 is 5.91 Å². The van der Waals surface area contributed by atoms with E-state index >= 15 is 0 Å². The maximum Gasteiger partial charge on any atom is 0.254 e. The SMILES string of the molecule is CC(C)c1c(C(=O)NCC2COc3ccccc3C2)cnn1-c1ccccn1. The first kappa shape index (κ1) is 18.2. The van der Waals surface area contributed by atoms with Crippen LogP contribution in [0.4, 0.5) is 0 Å². The standard InChI is InChI=1S/C22H24N4O2/c1-15(2)21-18(13-25-26(21)20-9-5-6-10-23-20)22(27)24-12-16-11-17-7-3-4-8-19(17)28-14-16/h3-10,13,15-16H,11-12,14H2,1-2H3,(H,24,27). The number of carbonyl (C=O) groups excluding carboxylic acids is 1. The van der Waals surface area contributed by atoms with Gasteiger partial charge in [0.25, 0.3) is 5.91 Å². The average Bonchev–Trinajstić information content (AvgIpc) is 3.18. The first-order valence-electron chi connectivity index (χ1n) is 9.61. The highest BCUT2D eigenvalue weighted by Gasteiger charge is 2.24. The third kappa shape index (κ3) is 3.63. The number of nitrogens with one attached hydrogen (secondary N) is 1. The zero-order chi connectivity index (χ0) is 19.5. The number of pyridine rings is 1. The molecule has 1 N–H and O–H groups in total. The van der Waals surface area contributed by atoms with Crippen LogP contribution in [0.25, 0.3) is 5.82 Å². The molecule has 1 aromatic carbocycles. The Hall–Kier alpha value is -3.15. The smallest absolute Gasteiger partial charge is 0.254 e. The van der Waals surface area contributed by atoms with Gasteiger partial charge in [-0.2, -0.15) is 5.10 Å². The first-order valence-corrected chi connectivity index (χ1v) is 9.61. The van der Waals surface area contributed by atoms with Crippen LogP contribution >= 0.6 is 0 Å². The minimum absolute atomic E-state index is 0.107.